The number of carbonyl (C=O) groups excluding carboxylic acids is 3. The second-order valence-corrected chi connectivity index (χ2v) is 8.94. The normalized spacial score (nSPS) is 22.9. The molecular formula is C26H28N2O9. The number of hydrogen-bond donors (Lipinski definition) is 2. The number of β-amino-alcohol motifs (C(OH)–C–C–N with tert-alkyl or cyclic N) is 1. The lowest BCUT2D eigenvalue weighted by Gasteiger charge is -2.24. The number of aliphatic hydroxyl groups excluding tert-OH is 1. The minimum atomic E-state index is -1.25. The standard InChI is InChI=1S/C26H28N2O9/c29-19-11-22(27(13-19)25(33)35-15-17-7-3-1-4-8-17)24(32)37-20-12-21(23(30)31)28(14-20)26(34)36-16-18-9-5-2-6-10-18/h1-10,19-22,29H,11-16H2,(H,30,31)/t19-,20-,21-,22-/m0/s1. The molecule has 0 aromatic heterocycles. The Hall–Kier alpha value is -4.12. The molecule has 11 nitrogen and oxygen atoms in total. The Bertz CT molecular complexity index is 1110. The van der Waals surface area contributed by atoms with Gasteiger partial charge < -0.3 is 24.4 Å². The van der Waals surface area contributed by atoms with Gasteiger partial charge >= 0.3 is 24.1 Å². The highest BCUT2D eigenvalue weighted by Crippen LogP contribution is 2.26. The lowest BCUT2D eigenvalue weighted by Crippen LogP contribution is -2.43. The van der Waals surface area contributed by atoms with Gasteiger partial charge in [0.25, 0.3) is 0 Å². The van der Waals surface area contributed by atoms with Crippen LogP contribution in [0.4, 0.5) is 9.59 Å². The fraction of sp³-hybridized carbons (Fsp3) is 0.385. The number of carboxylic acids is 1. The van der Waals surface area contributed by atoms with Crippen molar-refractivity contribution in [2.75, 3.05) is 13.1 Å². The van der Waals surface area contributed by atoms with Crippen molar-refractivity contribution in [2.45, 2.75) is 50.3 Å². The Morgan fingerprint density at radius 1 is 0.757 bits per heavy atom. The van der Waals surface area contributed by atoms with Crippen molar-refractivity contribution < 1.29 is 43.6 Å². The molecule has 2 aromatic carbocycles. The molecule has 2 fully saturated rings. The smallest absolute Gasteiger partial charge is 0.410 e. The summed E-state index contributed by atoms with van der Waals surface area (Å²) in [5, 5.41) is 19.7. The van der Waals surface area contributed by atoms with Crippen LogP contribution in [0.2, 0.25) is 0 Å². The van der Waals surface area contributed by atoms with Crippen molar-refractivity contribution in [3.05, 3.63) is 71.8 Å². The van der Waals surface area contributed by atoms with Crippen LogP contribution in [-0.2, 0) is 37.0 Å². The third-order valence-electron chi connectivity index (χ3n) is 6.26. The van der Waals surface area contributed by atoms with Gasteiger partial charge in [-0.05, 0) is 11.1 Å². The monoisotopic (exact) mass is 512 g/mol. The summed E-state index contributed by atoms with van der Waals surface area (Å²) in [6.07, 6.45) is -3.65. The number of carbonyl (C=O) groups is 4. The average Bonchev–Trinajstić information content (AvgIpc) is 3.51. The van der Waals surface area contributed by atoms with Gasteiger partial charge in [0.05, 0.1) is 19.2 Å². The van der Waals surface area contributed by atoms with E-state index in [-0.39, 0.29) is 39.1 Å². The Kier molecular flexibility index (Phi) is 8.24. The molecule has 2 N–H and O–H groups in total. The third kappa shape index (κ3) is 6.56. The SMILES string of the molecule is O=C(O)[C@@H]1C[C@H](OC(=O)[C@@H]2C[C@H](O)CN2C(=O)OCc2ccccc2)CN1C(=O)OCc1ccccc1. The second kappa shape index (κ2) is 11.7. The minimum Gasteiger partial charge on any atom is -0.480 e. The number of benzene rings is 2. The van der Waals surface area contributed by atoms with Crippen LogP contribution in [0.5, 0.6) is 0 Å². The summed E-state index contributed by atoms with van der Waals surface area (Å²) < 4.78 is 16.0. The van der Waals surface area contributed by atoms with Crippen LogP contribution < -0.4 is 0 Å². The first-order valence-electron chi connectivity index (χ1n) is 11.9. The van der Waals surface area contributed by atoms with E-state index in [1.807, 2.05) is 12.1 Å². The predicted molar refractivity (Wildman–Crippen MR) is 127 cm³/mol. The van der Waals surface area contributed by atoms with Crippen LogP contribution in [0.3, 0.4) is 0 Å². The van der Waals surface area contributed by atoms with Gasteiger partial charge in [-0.3, -0.25) is 9.80 Å². The van der Waals surface area contributed by atoms with Gasteiger partial charge in [-0.15, -0.1) is 0 Å². The van der Waals surface area contributed by atoms with Gasteiger partial charge in [0.15, 0.2) is 0 Å². The van der Waals surface area contributed by atoms with Crippen molar-refractivity contribution >= 4 is 24.1 Å². The number of aliphatic carboxylic acids is 1. The van der Waals surface area contributed by atoms with E-state index in [4.69, 9.17) is 14.2 Å². The zero-order valence-electron chi connectivity index (χ0n) is 20.0. The zero-order valence-corrected chi connectivity index (χ0v) is 20.0. The first-order chi connectivity index (χ1) is 17.8. The van der Waals surface area contributed by atoms with Crippen molar-refractivity contribution in [1.82, 2.24) is 9.80 Å². The van der Waals surface area contributed by atoms with Crippen LogP contribution >= 0.6 is 0 Å². The van der Waals surface area contributed by atoms with E-state index in [1.54, 1.807) is 48.5 Å². The Morgan fingerprint density at radius 3 is 1.78 bits per heavy atom. The minimum absolute atomic E-state index is 0.00297. The molecule has 2 aromatic rings. The predicted octanol–water partition coefficient (Wildman–Crippen LogP) is 2.17. The summed E-state index contributed by atoms with van der Waals surface area (Å²) in [6.45, 7) is -0.318. The molecule has 2 saturated heterocycles. The maximum absolute atomic E-state index is 12.9. The van der Waals surface area contributed by atoms with Gasteiger partial charge in [0.1, 0.15) is 31.4 Å². The van der Waals surface area contributed by atoms with Crippen LogP contribution in [0, 0.1) is 0 Å². The Balaban J connectivity index is 1.34. The van der Waals surface area contributed by atoms with E-state index >= 15 is 0 Å². The molecule has 4 atom stereocenters. The molecule has 0 radical (unpaired) electrons. The average molecular weight is 513 g/mol. The largest absolute Gasteiger partial charge is 0.480 e. The van der Waals surface area contributed by atoms with Crippen molar-refractivity contribution in [3.8, 4) is 0 Å². The summed E-state index contributed by atoms with van der Waals surface area (Å²) in [4.78, 5) is 52.0. The van der Waals surface area contributed by atoms with E-state index in [0.717, 1.165) is 20.9 Å². The highest BCUT2D eigenvalue weighted by Gasteiger charge is 2.46. The second-order valence-electron chi connectivity index (χ2n) is 8.94. The van der Waals surface area contributed by atoms with E-state index in [1.165, 1.54) is 0 Å². The summed E-state index contributed by atoms with van der Waals surface area (Å²) in [5.74, 6) is -2.06. The summed E-state index contributed by atoms with van der Waals surface area (Å²) in [7, 11) is 0. The molecule has 37 heavy (non-hydrogen) atoms. The Labute approximate surface area is 213 Å². The number of nitrogens with zero attached hydrogens (tertiary/aromatic N) is 2. The molecule has 4 rings (SSSR count). The van der Waals surface area contributed by atoms with Crippen molar-refractivity contribution in [2.24, 2.45) is 0 Å². The number of aliphatic hydroxyl groups is 1. The zero-order chi connectivity index (χ0) is 26.4. The summed E-state index contributed by atoms with van der Waals surface area (Å²) in [6, 6.07) is 15.6. The van der Waals surface area contributed by atoms with E-state index in [2.05, 4.69) is 0 Å². The van der Waals surface area contributed by atoms with Crippen LogP contribution in [0.25, 0.3) is 0 Å². The van der Waals surface area contributed by atoms with Gasteiger partial charge in [-0.25, -0.2) is 19.2 Å². The maximum atomic E-state index is 12.9. The molecule has 0 bridgehead atoms. The molecule has 2 aliphatic heterocycles. The summed E-state index contributed by atoms with van der Waals surface area (Å²) in [5.41, 5.74) is 1.50. The lowest BCUT2D eigenvalue weighted by molar-refractivity contribution is -0.153. The number of ether oxygens (including phenoxy) is 3. The third-order valence-corrected chi connectivity index (χ3v) is 6.26. The highest BCUT2D eigenvalue weighted by molar-refractivity contribution is 5.83. The molecule has 2 heterocycles. The summed E-state index contributed by atoms with van der Waals surface area (Å²) >= 11 is 0. The van der Waals surface area contributed by atoms with Crippen LogP contribution in [-0.4, -0.2) is 81.5 Å². The molecule has 0 unspecified atom stereocenters. The number of likely N-dealkylation sites (tertiary alicyclic amines) is 2. The van der Waals surface area contributed by atoms with Crippen LogP contribution in [0.1, 0.15) is 24.0 Å². The molecule has 0 saturated carbocycles. The van der Waals surface area contributed by atoms with Gasteiger partial charge in [-0.2, -0.15) is 0 Å². The van der Waals surface area contributed by atoms with Crippen molar-refractivity contribution in [3.63, 3.8) is 0 Å². The molecule has 2 aliphatic rings. The van der Waals surface area contributed by atoms with Crippen molar-refractivity contribution in [1.29, 1.82) is 0 Å². The topological polar surface area (TPSA) is 143 Å². The number of amides is 2. The highest BCUT2D eigenvalue weighted by atomic mass is 16.6. The molecule has 0 aliphatic carbocycles. The van der Waals surface area contributed by atoms with Gasteiger partial charge in [-0.1, -0.05) is 60.7 Å². The molecule has 11 heteroatoms. The first-order valence-corrected chi connectivity index (χ1v) is 11.9. The number of rotatable bonds is 7. The maximum Gasteiger partial charge on any atom is 0.410 e. The lowest BCUT2D eigenvalue weighted by atomic mass is 10.2. The molecular weight excluding hydrogens is 484 g/mol. The van der Waals surface area contributed by atoms with E-state index in [9.17, 15) is 29.4 Å². The van der Waals surface area contributed by atoms with Crippen LogP contribution in [0.15, 0.2) is 60.7 Å². The van der Waals surface area contributed by atoms with Gasteiger partial charge in [0, 0.05) is 12.8 Å². The van der Waals surface area contributed by atoms with E-state index < -0.39 is 48.4 Å². The fourth-order valence-electron chi connectivity index (χ4n) is 4.40. The molecule has 196 valence electrons. The molecule has 0 spiro atoms. The molecule has 2 amide bonds. The number of carboxylic acid groups (broad SMARTS) is 1. The number of esters is 1. The van der Waals surface area contributed by atoms with E-state index in [0.29, 0.717) is 0 Å². The number of hydrogen-bond acceptors (Lipinski definition) is 8. The Morgan fingerprint density at radius 2 is 1.27 bits per heavy atom. The first kappa shape index (κ1) is 26.0. The quantitative estimate of drug-likeness (QED) is 0.421. The fourth-order valence-corrected chi connectivity index (χ4v) is 4.40. The van der Waals surface area contributed by atoms with Gasteiger partial charge in [0.2, 0.25) is 0 Å².